The van der Waals surface area contributed by atoms with Crippen LogP contribution in [-0.2, 0) is 25.7 Å². The van der Waals surface area contributed by atoms with Crippen LogP contribution < -0.4 is 10.7 Å². The zero-order valence-electron chi connectivity index (χ0n) is 24.2. The minimum Gasteiger partial charge on any atom is -0.457 e. The van der Waals surface area contributed by atoms with E-state index in [-0.39, 0.29) is 17.7 Å². The summed E-state index contributed by atoms with van der Waals surface area (Å²) in [6, 6.07) is 8.40. The summed E-state index contributed by atoms with van der Waals surface area (Å²) in [4.78, 5) is 46.2. The largest absolute Gasteiger partial charge is 0.457 e. The summed E-state index contributed by atoms with van der Waals surface area (Å²) >= 11 is 0. The Bertz CT molecular complexity index is 1290. The van der Waals surface area contributed by atoms with E-state index in [1.54, 1.807) is 38.8 Å². The summed E-state index contributed by atoms with van der Waals surface area (Å²) in [6.45, 7) is 9.60. The highest BCUT2D eigenvalue weighted by Gasteiger charge is 2.36. The van der Waals surface area contributed by atoms with E-state index in [0.29, 0.717) is 25.9 Å². The Balaban J connectivity index is 1.70. The number of pyridine rings is 1. The Morgan fingerprint density at radius 3 is 2.58 bits per heavy atom. The Morgan fingerprint density at radius 2 is 1.85 bits per heavy atom. The van der Waals surface area contributed by atoms with Crippen molar-refractivity contribution in [2.45, 2.75) is 78.4 Å². The molecule has 1 unspecified atom stereocenters. The molecule has 2 aromatic rings. The molecule has 1 aromatic carbocycles. The van der Waals surface area contributed by atoms with Crippen LogP contribution in [0.3, 0.4) is 0 Å². The standard InChI is InChI=1S/C30H41N5O5/c1-18(2)25-26(36)31-19(3)27(37)35-15-7-8-23(33-35)28(38)34(6)17-22-12-11-21-10-9-20(16-24(21)32-22)13-14-30(4,5)29(39)40-25/h9-14,16,18-19,23,25-26,31,33,36H,7-8,15,17H2,1-6H3/b14-13+/t19-,23-,25-,26?/m0/s1. The number of hydrogen-bond donors (Lipinski definition) is 3. The van der Waals surface area contributed by atoms with Gasteiger partial charge in [-0.15, -0.1) is 0 Å². The first kappa shape index (κ1) is 29.6. The van der Waals surface area contributed by atoms with Crippen LogP contribution in [0.25, 0.3) is 17.0 Å². The van der Waals surface area contributed by atoms with E-state index in [1.807, 2.05) is 50.3 Å². The van der Waals surface area contributed by atoms with Gasteiger partial charge in [0.05, 0.1) is 29.2 Å². The maximum Gasteiger partial charge on any atom is 0.315 e. The summed E-state index contributed by atoms with van der Waals surface area (Å²) in [7, 11) is 1.73. The van der Waals surface area contributed by atoms with Gasteiger partial charge >= 0.3 is 5.97 Å². The molecule has 10 nitrogen and oxygen atoms in total. The smallest absolute Gasteiger partial charge is 0.315 e. The molecule has 0 aliphatic carbocycles. The lowest BCUT2D eigenvalue weighted by molar-refractivity contribution is -0.168. The van der Waals surface area contributed by atoms with E-state index in [1.165, 1.54) is 5.01 Å². The molecule has 10 heteroatoms. The van der Waals surface area contributed by atoms with Crippen molar-refractivity contribution < 1.29 is 24.2 Å². The van der Waals surface area contributed by atoms with Gasteiger partial charge in [0.15, 0.2) is 0 Å². The molecule has 0 spiro atoms. The molecule has 1 aromatic heterocycles. The molecule has 1 saturated heterocycles. The van der Waals surface area contributed by atoms with Crippen molar-refractivity contribution in [1.29, 1.82) is 0 Å². The van der Waals surface area contributed by atoms with E-state index in [0.717, 1.165) is 22.2 Å². The number of nitrogens with zero attached hydrogens (tertiary/aromatic N) is 3. The van der Waals surface area contributed by atoms with Gasteiger partial charge in [-0.3, -0.25) is 29.7 Å². The molecule has 2 amide bonds. The number of amides is 2. The minimum atomic E-state index is -1.27. The first-order valence-corrected chi connectivity index (χ1v) is 13.9. The van der Waals surface area contributed by atoms with Crippen molar-refractivity contribution in [2.75, 3.05) is 13.6 Å². The van der Waals surface area contributed by atoms with Gasteiger partial charge in [-0.05, 0) is 57.2 Å². The fourth-order valence-corrected chi connectivity index (χ4v) is 4.95. The quantitative estimate of drug-likeness (QED) is 0.462. The SMILES string of the molecule is CC(C)[C@@H]1OC(=O)C(C)(C)/C=C/c2ccc3ccc(nc3c2)CN(C)C(=O)[C@@H]2CCCN(N2)C(=O)[C@H](C)NC1O. The Labute approximate surface area is 235 Å². The molecule has 5 bridgehead atoms. The van der Waals surface area contributed by atoms with Crippen molar-refractivity contribution in [3.63, 3.8) is 0 Å². The fourth-order valence-electron chi connectivity index (χ4n) is 4.95. The molecule has 4 atom stereocenters. The highest BCUT2D eigenvalue weighted by molar-refractivity contribution is 5.85. The third kappa shape index (κ3) is 6.68. The molecule has 4 rings (SSSR count). The maximum absolute atomic E-state index is 13.3. The molecule has 216 valence electrons. The molecule has 0 radical (unpaired) electrons. The number of benzene rings is 1. The lowest BCUT2D eigenvalue weighted by Crippen LogP contribution is -2.61. The van der Waals surface area contributed by atoms with Crippen LogP contribution in [0.5, 0.6) is 0 Å². The number of fused-ring (bicyclic) bond motifs is 4. The molecule has 40 heavy (non-hydrogen) atoms. The zero-order chi connectivity index (χ0) is 29.2. The van der Waals surface area contributed by atoms with Gasteiger partial charge in [0.25, 0.3) is 5.91 Å². The second-order valence-electron chi connectivity index (χ2n) is 11.8. The number of ether oxygens (including phenoxy) is 1. The van der Waals surface area contributed by atoms with Crippen molar-refractivity contribution in [2.24, 2.45) is 11.3 Å². The monoisotopic (exact) mass is 551 g/mol. The van der Waals surface area contributed by atoms with Gasteiger partial charge in [-0.1, -0.05) is 44.2 Å². The van der Waals surface area contributed by atoms with Gasteiger partial charge in [-0.25, -0.2) is 5.43 Å². The number of aliphatic hydroxyl groups is 1. The van der Waals surface area contributed by atoms with E-state index in [4.69, 9.17) is 9.72 Å². The Kier molecular flexibility index (Phi) is 8.92. The number of likely N-dealkylation sites (N-methyl/N-ethyl adjacent to an activating group) is 1. The van der Waals surface area contributed by atoms with Crippen LogP contribution in [0.1, 0.15) is 58.7 Å². The highest BCUT2D eigenvalue weighted by atomic mass is 16.6. The Morgan fingerprint density at radius 1 is 1.12 bits per heavy atom. The van der Waals surface area contributed by atoms with Crippen molar-refractivity contribution >= 4 is 34.8 Å². The number of carbonyl (C=O) groups excluding carboxylic acids is 3. The van der Waals surface area contributed by atoms with E-state index in [2.05, 4.69) is 10.7 Å². The average Bonchev–Trinajstić information content (AvgIpc) is 2.92. The number of rotatable bonds is 1. The number of aromatic nitrogens is 1. The lowest BCUT2D eigenvalue weighted by Gasteiger charge is -2.37. The number of cyclic esters (lactones) is 1. The van der Waals surface area contributed by atoms with Crippen LogP contribution in [0, 0.1) is 11.3 Å². The van der Waals surface area contributed by atoms with Crippen molar-refractivity contribution in [1.82, 2.24) is 25.6 Å². The average molecular weight is 552 g/mol. The molecule has 2 aliphatic heterocycles. The fraction of sp³-hybridized carbons (Fsp3) is 0.533. The van der Waals surface area contributed by atoms with Crippen LogP contribution in [0.4, 0.5) is 0 Å². The summed E-state index contributed by atoms with van der Waals surface area (Å²) in [5, 5.41) is 16.3. The number of nitrogens with one attached hydrogen (secondary N) is 2. The highest BCUT2D eigenvalue weighted by Crippen LogP contribution is 2.25. The molecule has 3 heterocycles. The minimum absolute atomic E-state index is 0.128. The third-order valence-electron chi connectivity index (χ3n) is 7.52. The second kappa shape index (κ2) is 12.0. The van der Waals surface area contributed by atoms with Crippen LogP contribution in [0.2, 0.25) is 0 Å². The predicted octanol–water partition coefficient (Wildman–Crippen LogP) is 2.61. The van der Waals surface area contributed by atoms with Crippen LogP contribution in [-0.4, -0.2) is 75.8 Å². The van der Waals surface area contributed by atoms with Gasteiger partial charge in [-0.2, -0.15) is 0 Å². The molecule has 1 fully saturated rings. The molecular formula is C30H41N5O5. The van der Waals surface area contributed by atoms with E-state index >= 15 is 0 Å². The first-order valence-electron chi connectivity index (χ1n) is 13.9. The van der Waals surface area contributed by atoms with Crippen molar-refractivity contribution in [3.05, 3.63) is 47.7 Å². The Hall–Kier alpha value is -3.34. The lowest BCUT2D eigenvalue weighted by atomic mass is 9.91. The first-order chi connectivity index (χ1) is 18.9. The summed E-state index contributed by atoms with van der Waals surface area (Å²) in [5.41, 5.74) is 4.50. The zero-order valence-corrected chi connectivity index (χ0v) is 24.2. The van der Waals surface area contributed by atoms with Gasteiger partial charge < -0.3 is 14.7 Å². The normalized spacial score (nSPS) is 27.6. The van der Waals surface area contributed by atoms with E-state index in [9.17, 15) is 19.5 Å². The van der Waals surface area contributed by atoms with Gasteiger partial charge in [0, 0.05) is 19.0 Å². The number of aliphatic hydroxyl groups excluding tert-OH is 1. The number of esters is 1. The third-order valence-corrected chi connectivity index (χ3v) is 7.52. The summed E-state index contributed by atoms with van der Waals surface area (Å²) < 4.78 is 5.80. The number of carbonyl (C=O) groups is 3. The molecular weight excluding hydrogens is 510 g/mol. The summed E-state index contributed by atoms with van der Waals surface area (Å²) in [5.74, 6) is -1.15. The molecule has 0 saturated carbocycles. The van der Waals surface area contributed by atoms with Crippen molar-refractivity contribution in [3.8, 4) is 0 Å². The van der Waals surface area contributed by atoms with Crippen LogP contribution in [0.15, 0.2) is 36.4 Å². The van der Waals surface area contributed by atoms with Crippen LogP contribution >= 0.6 is 0 Å². The maximum atomic E-state index is 13.3. The summed E-state index contributed by atoms with van der Waals surface area (Å²) in [6.07, 6.45) is 2.73. The predicted molar refractivity (Wildman–Crippen MR) is 152 cm³/mol. The number of hydrogen-bond acceptors (Lipinski definition) is 8. The van der Waals surface area contributed by atoms with E-state index < -0.39 is 35.8 Å². The number of hydrazine groups is 1. The van der Waals surface area contributed by atoms with Gasteiger partial charge in [0.2, 0.25) is 5.91 Å². The molecule has 2 aliphatic rings. The second-order valence-corrected chi connectivity index (χ2v) is 11.8. The van der Waals surface area contributed by atoms with Gasteiger partial charge in [0.1, 0.15) is 18.4 Å². The molecule has 3 N–H and O–H groups in total. The topological polar surface area (TPSA) is 124 Å².